The van der Waals surface area contributed by atoms with Crippen LogP contribution in [-0.2, 0) is 15.0 Å². The molecule has 35 heavy (non-hydrogen) atoms. The minimum atomic E-state index is -0.726. The fourth-order valence-electron chi connectivity index (χ4n) is 7.26. The zero-order chi connectivity index (χ0) is 24.3. The van der Waals surface area contributed by atoms with Crippen LogP contribution in [0, 0.1) is 17.8 Å². The van der Waals surface area contributed by atoms with Gasteiger partial charge in [0, 0.05) is 0 Å². The van der Waals surface area contributed by atoms with Crippen LogP contribution in [0.1, 0.15) is 49.7 Å². The quantitative estimate of drug-likeness (QED) is 0.409. The van der Waals surface area contributed by atoms with Crippen molar-refractivity contribution < 1.29 is 19.1 Å². The number of benzene rings is 2. The van der Waals surface area contributed by atoms with E-state index in [0.717, 1.165) is 22.7 Å². The standard InChI is InChI=1S/C28H27BrN2O4/c1-35-24-7-2-16(12-23(24)29)11-22-25(32)30-27(34)31(26(22)33)21-5-3-20(4-6-21)28-13-17-8-18(14-28)10-19(9-17)15-28/h2-7,11-12,17-19H,8-10,13-15H2,1H3,(H,30,32,34). The Morgan fingerprint density at radius 3 is 2.17 bits per heavy atom. The highest BCUT2D eigenvalue weighted by atomic mass is 79.9. The molecular weight excluding hydrogens is 508 g/mol. The first-order valence-electron chi connectivity index (χ1n) is 12.2. The van der Waals surface area contributed by atoms with Gasteiger partial charge in [0.15, 0.2) is 0 Å². The molecule has 1 heterocycles. The topological polar surface area (TPSA) is 75.7 Å². The van der Waals surface area contributed by atoms with Gasteiger partial charge in [-0.1, -0.05) is 18.2 Å². The van der Waals surface area contributed by atoms with E-state index in [0.29, 0.717) is 21.5 Å². The largest absolute Gasteiger partial charge is 0.496 e. The molecule has 1 aliphatic heterocycles. The van der Waals surface area contributed by atoms with Gasteiger partial charge in [-0.25, -0.2) is 9.69 Å². The average Bonchev–Trinajstić information content (AvgIpc) is 2.81. The van der Waals surface area contributed by atoms with Gasteiger partial charge in [-0.3, -0.25) is 14.9 Å². The number of carbonyl (C=O) groups is 3. The Bertz CT molecular complexity index is 1230. The molecule has 180 valence electrons. The van der Waals surface area contributed by atoms with E-state index in [9.17, 15) is 14.4 Å². The molecule has 0 spiro atoms. The van der Waals surface area contributed by atoms with Gasteiger partial charge in [0.05, 0.1) is 17.3 Å². The van der Waals surface area contributed by atoms with Crippen molar-refractivity contribution in [3.63, 3.8) is 0 Å². The van der Waals surface area contributed by atoms with Crippen molar-refractivity contribution in [1.29, 1.82) is 0 Å². The maximum absolute atomic E-state index is 13.3. The number of hydrogen-bond acceptors (Lipinski definition) is 4. The Balaban J connectivity index is 1.28. The van der Waals surface area contributed by atoms with Gasteiger partial charge < -0.3 is 4.74 Å². The molecule has 4 amide bonds. The van der Waals surface area contributed by atoms with Crippen LogP contribution in [-0.4, -0.2) is 25.0 Å². The minimum Gasteiger partial charge on any atom is -0.496 e. The van der Waals surface area contributed by atoms with Gasteiger partial charge in [-0.2, -0.15) is 0 Å². The monoisotopic (exact) mass is 534 g/mol. The first-order chi connectivity index (χ1) is 16.8. The van der Waals surface area contributed by atoms with Crippen LogP contribution in [0.25, 0.3) is 6.08 Å². The lowest BCUT2D eigenvalue weighted by atomic mass is 9.48. The molecule has 4 saturated carbocycles. The van der Waals surface area contributed by atoms with E-state index in [1.807, 2.05) is 12.1 Å². The van der Waals surface area contributed by atoms with Crippen LogP contribution in [0.4, 0.5) is 10.5 Å². The first-order valence-corrected chi connectivity index (χ1v) is 13.0. The molecule has 2 aromatic rings. The van der Waals surface area contributed by atoms with Crippen LogP contribution < -0.4 is 15.0 Å². The van der Waals surface area contributed by atoms with E-state index < -0.39 is 17.8 Å². The highest BCUT2D eigenvalue weighted by Gasteiger charge is 2.51. The number of barbiturate groups is 1. The lowest BCUT2D eigenvalue weighted by Crippen LogP contribution is -2.54. The van der Waals surface area contributed by atoms with Crippen LogP contribution in [0.5, 0.6) is 5.75 Å². The highest BCUT2D eigenvalue weighted by molar-refractivity contribution is 9.10. The smallest absolute Gasteiger partial charge is 0.335 e. The zero-order valence-electron chi connectivity index (χ0n) is 19.6. The summed E-state index contributed by atoms with van der Waals surface area (Å²) in [5, 5.41) is 2.31. The van der Waals surface area contributed by atoms with Crippen molar-refractivity contribution in [3.05, 3.63) is 63.6 Å². The molecule has 7 heteroatoms. The summed E-state index contributed by atoms with van der Waals surface area (Å²) in [7, 11) is 1.56. The number of amides is 4. The molecule has 2 aromatic carbocycles. The van der Waals surface area contributed by atoms with Crippen molar-refractivity contribution in [2.24, 2.45) is 17.8 Å². The van der Waals surface area contributed by atoms with Gasteiger partial charge in [0.25, 0.3) is 11.8 Å². The number of nitrogens with zero attached hydrogens (tertiary/aromatic N) is 1. The minimum absolute atomic E-state index is 0.0909. The third kappa shape index (κ3) is 3.80. The SMILES string of the molecule is COc1ccc(C=C2C(=O)NC(=O)N(c3ccc(C45CC6CC(CC(C6)C4)C5)cc3)C2=O)cc1Br. The van der Waals surface area contributed by atoms with E-state index >= 15 is 0 Å². The van der Waals surface area contributed by atoms with Crippen molar-refractivity contribution >= 4 is 45.5 Å². The fourth-order valence-corrected chi connectivity index (χ4v) is 7.82. The number of methoxy groups -OCH3 is 1. The van der Waals surface area contributed by atoms with E-state index in [-0.39, 0.29) is 11.0 Å². The van der Waals surface area contributed by atoms with E-state index in [1.54, 1.807) is 25.3 Å². The predicted molar refractivity (Wildman–Crippen MR) is 136 cm³/mol. The molecule has 7 rings (SSSR count). The lowest BCUT2D eigenvalue weighted by Gasteiger charge is -2.57. The number of halogens is 1. The molecule has 0 unspecified atom stereocenters. The summed E-state index contributed by atoms with van der Waals surface area (Å²) >= 11 is 3.42. The number of rotatable bonds is 4. The zero-order valence-corrected chi connectivity index (χ0v) is 21.1. The van der Waals surface area contributed by atoms with Crippen LogP contribution in [0.15, 0.2) is 52.5 Å². The third-order valence-corrected chi connectivity index (χ3v) is 8.98. The number of imide groups is 2. The second kappa shape index (κ2) is 8.33. The molecule has 1 N–H and O–H groups in total. The first kappa shape index (κ1) is 22.5. The normalized spacial score (nSPS) is 30.7. The lowest BCUT2D eigenvalue weighted by molar-refractivity contribution is -0.122. The molecule has 6 nitrogen and oxygen atoms in total. The van der Waals surface area contributed by atoms with Crippen LogP contribution in [0.2, 0.25) is 0 Å². The highest BCUT2D eigenvalue weighted by Crippen LogP contribution is 2.60. The summed E-state index contributed by atoms with van der Waals surface area (Å²) in [4.78, 5) is 39.6. The van der Waals surface area contributed by atoms with Crippen LogP contribution >= 0.6 is 15.9 Å². The predicted octanol–water partition coefficient (Wildman–Crippen LogP) is 5.59. The number of nitrogens with one attached hydrogen (secondary N) is 1. The molecular formula is C28H27BrN2O4. The summed E-state index contributed by atoms with van der Waals surface area (Å²) in [5.74, 6) is 1.83. The third-order valence-electron chi connectivity index (χ3n) is 8.36. The van der Waals surface area contributed by atoms with E-state index in [2.05, 4.69) is 33.4 Å². The second-order valence-electron chi connectivity index (χ2n) is 10.6. The Morgan fingerprint density at radius 1 is 0.971 bits per heavy atom. The van der Waals surface area contributed by atoms with Gasteiger partial charge >= 0.3 is 6.03 Å². The summed E-state index contributed by atoms with van der Waals surface area (Å²) in [6.07, 6.45) is 9.39. The summed E-state index contributed by atoms with van der Waals surface area (Å²) in [6.45, 7) is 0. The van der Waals surface area contributed by atoms with Crippen LogP contribution in [0.3, 0.4) is 0 Å². The van der Waals surface area contributed by atoms with Gasteiger partial charge in [0.2, 0.25) is 0 Å². The summed E-state index contributed by atoms with van der Waals surface area (Å²) in [6, 6.07) is 12.4. The van der Waals surface area contributed by atoms with Crippen molar-refractivity contribution in [1.82, 2.24) is 5.32 Å². The number of ether oxygens (including phenoxy) is 1. The maximum atomic E-state index is 13.3. The number of anilines is 1. The Kier molecular flexibility index (Phi) is 5.36. The van der Waals surface area contributed by atoms with Gasteiger partial charge in [-0.15, -0.1) is 0 Å². The number of hydrogen-bond donors (Lipinski definition) is 1. The summed E-state index contributed by atoms with van der Waals surface area (Å²) < 4.78 is 5.94. The van der Waals surface area contributed by atoms with E-state index in [4.69, 9.17) is 4.74 Å². The van der Waals surface area contributed by atoms with E-state index in [1.165, 1.54) is 50.2 Å². The fraction of sp³-hybridized carbons (Fsp3) is 0.393. The molecule has 5 aliphatic rings. The van der Waals surface area contributed by atoms with Crippen molar-refractivity contribution in [2.45, 2.75) is 43.9 Å². The molecule has 0 radical (unpaired) electrons. The summed E-state index contributed by atoms with van der Waals surface area (Å²) in [5.41, 5.74) is 2.58. The molecule has 1 saturated heterocycles. The molecule has 0 aromatic heterocycles. The second-order valence-corrected chi connectivity index (χ2v) is 11.5. The Hall–Kier alpha value is -2.93. The van der Waals surface area contributed by atoms with Gasteiger partial charge in [0.1, 0.15) is 11.3 Å². The molecule has 0 atom stereocenters. The Labute approximate surface area is 212 Å². The van der Waals surface area contributed by atoms with Crippen molar-refractivity contribution in [3.8, 4) is 5.75 Å². The number of carbonyl (C=O) groups excluding carboxylic acids is 3. The Morgan fingerprint density at radius 2 is 1.60 bits per heavy atom. The average molecular weight is 535 g/mol. The molecule has 5 fully saturated rings. The molecule has 4 aliphatic carbocycles. The maximum Gasteiger partial charge on any atom is 0.335 e. The van der Waals surface area contributed by atoms with Crippen molar-refractivity contribution in [2.75, 3.05) is 12.0 Å². The number of urea groups is 1. The molecule has 4 bridgehead atoms. The van der Waals surface area contributed by atoms with Gasteiger partial charge in [-0.05, 0) is 119 Å².